The van der Waals surface area contributed by atoms with E-state index in [0.29, 0.717) is 16.8 Å². The van der Waals surface area contributed by atoms with Crippen LogP contribution in [-0.2, 0) is 15.6 Å². The summed E-state index contributed by atoms with van der Waals surface area (Å²) < 4.78 is 25.6. The lowest BCUT2D eigenvalue weighted by Crippen LogP contribution is -2.27. The number of amides is 1. The highest BCUT2D eigenvalue weighted by Gasteiger charge is 2.22. The van der Waals surface area contributed by atoms with Crippen molar-refractivity contribution >= 4 is 27.1 Å². The van der Waals surface area contributed by atoms with E-state index in [4.69, 9.17) is 0 Å². The highest BCUT2D eigenvalue weighted by atomic mass is 32.2. The lowest BCUT2D eigenvalue weighted by Gasteiger charge is -2.15. The molecule has 0 aliphatic carbocycles. The number of hydrogen-bond donors (Lipinski definition) is 0. The fourth-order valence-electron chi connectivity index (χ4n) is 3.27. The molecule has 3 aromatic rings. The molecule has 7 heteroatoms. The molecule has 1 fully saturated rings. The Balaban J connectivity index is 1.49. The van der Waals surface area contributed by atoms with Crippen LogP contribution in [0.1, 0.15) is 28.8 Å². The lowest BCUT2D eigenvalue weighted by molar-refractivity contribution is 0.0793. The molecule has 0 bridgehead atoms. The zero-order valence-corrected chi connectivity index (χ0v) is 16.9. The van der Waals surface area contributed by atoms with Crippen LogP contribution < -0.4 is 0 Å². The third-order valence-corrected chi connectivity index (χ3v) is 7.79. The number of carbonyl (C=O) groups is 1. The molecule has 0 saturated carbocycles. The summed E-state index contributed by atoms with van der Waals surface area (Å²) in [6.45, 7) is 1.59. The summed E-state index contributed by atoms with van der Waals surface area (Å²) in [7, 11) is -3.54. The summed E-state index contributed by atoms with van der Waals surface area (Å²) in [5, 5.41) is 1.76. The molecule has 0 unspecified atom stereocenters. The van der Waals surface area contributed by atoms with Crippen LogP contribution in [0.2, 0.25) is 0 Å². The highest BCUT2D eigenvalue weighted by molar-refractivity contribution is 7.92. The van der Waals surface area contributed by atoms with Crippen LogP contribution >= 0.6 is 11.3 Å². The third-order valence-electron chi connectivity index (χ3n) is 4.77. The van der Waals surface area contributed by atoms with Gasteiger partial charge in [-0.25, -0.2) is 13.4 Å². The average Bonchev–Trinajstić information content (AvgIpc) is 3.41. The largest absolute Gasteiger partial charge is 0.339 e. The maximum Gasteiger partial charge on any atom is 0.253 e. The van der Waals surface area contributed by atoms with Crippen molar-refractivity contribution in [1.29, 1.82) is 0 Å². The van der Waals surface area contributed by atoms with Crippen LogP contribution in [0.3, 0.4) is 0 Å². The topological polar surface area (TPSA) is 67.3 Å². The van der Waals surface area contributed by atoms with E-state index in [1.54, 1.807) is 29.6 Å². The number of carbonyl (C=O) groups excluding carboxylic acids is 1. The fraction of sp³-hybridized carbons (Fsp3) is 0.238. The van der Waals surface area contributed by atoms with Gasteiger partial charge >= 0.3 is 0 Å². The van der Waals surface area contributed by atoms with Crippen molar-refractivity contribution in [3.05, 3.63) is 71.1 Å². The fourth-order valence-corrected chi connectivity index (χ4v) is 5.72. The van der Waals surface area contributed by atoms with Crippen molar-refractivity contribution in [1.82, 2.24) is 9.88 Å². The van der Waals surface area contributed by atoms with Crippen molar-refractivity contribution in [3.63, 3.8) is 0 Å². The van der Waals surface area contributed by atoms with Crippen LogP contribution in [0.25, 0.3) is 11.3 Å². The third kappa shape index (κ3) is 4.00. The van der Waals surface area contributed by atoms with Gasteiger partial charge in [-0.05, 0) is 30.5 Å². The van der Waals surface area contributed by atoms with E-state index in [9.17, 15) is 13.2 Å². The Kier molecular flexibility index (Phi) is 5.28. The minimum absolute atomic E-state index is 0.0133. The van der Waals surface area contributed by atoms with Crippen molar-refractivity contribution in [2.45, 2.75) is 22.9 Å². The van der Waals surface area contributed by atoms with Crippen LogP contribution in [-0.4, -0.2) is 37.3 Å². The number of thiazole rings is 1. The minimum atomic E-state index is -3.54. The van der Waals surface area contributed by atoms with E-state index in [2.05, 4.69) is 4.98 Å². The molecule has 144 valence electrons. The predicted octanol–water partition coefficient (Wildman–Crippen LogP) is 4.02. The Morgan fingerprint density at radius 3 is 2.36 bits per heavy atom. The zero-order chi connectivity index (χ0) is 19.6. The zero-order valence-electron chi connectivity index (χ0n) is 15.2. The van der Waals surface area contributed by atoms with E-state index in [-0.39, 0.29) is 16.0 Å². The molecule has 5 nitrogen and oxygen atoms in total. The van der Waals surface area contributed by atoms with Crippen molar-refractivity contribution in [2.24, 2.45) is 0 Å². The quantitative estimate of drug-likeness (QED) is 0.635. The van der Waals surface area contributed by atoms with E-state index < -0.39 is 9.84 Å². The number of hydrogen-bond acceptors (Lipinski definition) is 5. The monoisotopic (exact) mass is 412 g/mol. The first kappa shape index (κ1) is 18.8. The van der Waals surface area contributed by atoms with Crippen LogP contribution in [0.15, 0.2) is 64.3 Å². The van der Waals surface area contributed by atoms with E-state index >= 15 is 0 Å². The second-order valence-electron chi connectivity index (χ2n) is 6.82. The van der Waals surface area contributed by atoms with Crippen molar-refractivity contribution in [3.8, 4) is 11.3 Å². The molecule has 0 spiro atoms. The van der Waals surface area contributed by atoms with Gasteiger partial charge in [0.05, 0.1) is 11.4 Å². The maximum absolute atomic E-state index is 12.7. The number of benzene rings is 2. The van der Waals surface area contributed by atoms with Gasteiger partial charge in [-0.3, -0.25) is 4.79 Å². The Labute approximate surface area is 168 Å². The Morgan fingerprint density at radius 2 is 1.68 bits per heavy atom. The first-order chi connectivity index (χ1) is 13.5. The molecule has 2 heterocycles. The van der Waals surface area contributed by atoms with Gasteiger partial charge in [0.2, 0.25) is 14.2 Å². The smallest absolute Gasteiger partial charge is 0.253 e. The van der Waals surface area contributed by atoms with Gasteiger partial charge < -0.3 is 4.90 Å². The maximum atomic E-state index is 12.7. The molecular weight excluding hydrogens is 392 g/mol. The molecule has 1 saturated heterocycles. The molecule has 2 aromatic carbocycles. The first-order valence-electron chi connectivity index (χ1n) is 9.15. The Morgan fingerprint density at radius 1 is 1.00 bits per heavy atom. The minimum Gasteiger partial charge on any atom is -0.339 e. The standard InChI is InChI=1S/C21H20N2O3S2/c24-20(23-12-4-5-13-23)18-10-8-16(9-11-18)15-28(25,26)21-22-19(14-27-21)17-6-2-1-3-7-17/h1-3,6-11,14H,4-5,12-13,15H2. The van der Waals surface area contributed by atoms with Gasteiger partial charge in [-0.2, -0.15) is 0 Å². The lowest BCUT2D eigenvalue weighted by atomic mass is 10.1. The molecule has 1 aromatic heterocycles. The summed E-state index contributed by atoms with van der Waals surface area (Å²) in [4.78, 5) is 18.6. The molecule has 0 radical (unpaired) electrons. The number of sulfone groups is 1. The number of rotatable bonds is 5. The van der Waals surface area contributed by atoms with E-state index in [1.807, 2.05) is 35.2 Å². The summed E-state index contributed by atoms with van der Waals surface area (Å²) in [6.07, 6.45) is 2.09. The molecule has 1 aliphatic heterocycles. The van der Waals surface area contributed by atoms with Crippen molar-refractivity contribution in [2.75, 3.05) is 13.1 Å². The Bertz CT molecular complexity index is 1070. The molecule has 4 rings (SSSR count). The SMILES string of the molecule is O=C(c1ccc(CS(=O)(=O)c2nc(-c3ccccc3)cs2)cc1)N1CCCC1. The molecule has 0 atom stereocenters. The molecule has 0 N–H and O–H groups in total. The normalized spacial score (nSPS) is 14.4. The van der Waals surface area contributed by atoms with Gasteiger partial charge in [-0.1, -0.05) is 42.5 Å². The predicted molar refractivity (Wildman–Crippen MR) is 110 cm³/mol. The molecular formula is C21H20N2O3S2. The summed E-state index contributed by atoms with van der Waals surface area (Å²) in [5.41, 5.74) is 2.80. The number of nitrogens with zero attached hydrogens (tertiary/aromatic N) is 2. The number of aromatic nitrogens is 1. The summed E-state index contributed by atoms with van der Waals surface area (Å²) in [6, 6.07) is 16.4. The molecule has 28 heavy (non-hydrogen) atoms. The molecule has 1 amide bonds. The summed E-state index contributed by atoms with van der Waals surface area (Å²) in [5.74, 6) is -0.119. The summed E-state index contributed by atoms with van der Waals surface area (Å²) >= 11 is 1.14. The second kappa shape index (κ2) is 7.85. The van der Waals surface area contributed by atoms with Gasteiger partial charge in [-0.15, -0.1) is 11.3 Å². The van der Waals surface area contributed by atoms with Crippen LogP contribution in [0, 0.1) is 0 Å². The van der Waals surface area contributed by atoms with Gasteiger partial charge in [0.1, 0.15) is 0 Å². The van der Waals surface area contributed by atoms with Gasteiger partial charge in [0.25, 0.3) is 5.91 Å². The van der Waals surface area contributed by atoms with E-state index in [1.165, 1.54) is 0 Å². The first-order valence-corrected chi connectivity index (χ1v) is 11.7. The van der Waals surface area contributed by atoms with Gasteiger partial charge in [0, 0.05) is 29.6 Å². The van der Waals surface area contributed by atoms with Crippen LogP contribution in [0.5, 0.6) is 0 Å². The van der Waals surface area contributed by atoms with Crippen molar-refractivity contribution < 1.29 is 13.2 Å². The second-order valence-corrected chi connectivity index (χ2v) is 9.84. The Hall–Kier alpha value is -2.51. The van der Waals surface area contributed by atoms with Crippen LogP contribution in [0.4, 0.5) is 0 Å². The highest BCUT2D eigenvalue weighted by Crippen LogP contribution is 2.26. The average molecular weight is 413 g/mol. The van der Waals surface area contributed by atoms with Gasteiger partial charge in [0.15, 0.2) is 0 Å². The molecule has 1 aliphatic rings. The van der Waals surface area contributed by atoms with E-state index in [0.717, 1.165) is 42.8 Å². The number of likely N-dealkylation sites (tertiary alicyclic amines) is 1.